The molecule has 0 aliphatic heterocycles. The smallest absolute Gasteiger partial charge is 0.293 e. The van der Waals surface area contributed by atoms with Crippen molar-refractivity contribution in [3.8, 4) is 0 Å². The van der Waals surface area contributed by atoms with Gasteiger partial charge in [0.05, 0.1) is 4.92 Å². The van der Waals surface area contributed by atoms with Crippen molar-refractivity contribution < 1.29 is 9.72 Å². The van der Waals surface area contributed by atoms with Gasteiger partial charge in [0.2, 0.25) is 0 Å². The second-order valence-corrected chi connectivity index (χ2v) is 4.58. The van der Waals surface area contributed by atoms with E-state index in [9.17, 15) is 14.9 Å². The number of hydrogen-bond acceptors (Lipinski definition) is 5. The number of anilines is 1. The van der Waals surface area contributed by atoms with Gasteiger partial charge in [-0.2, -0.15) is 0 Å². The molecule has 20 heavy (non-hydrogen) atoms. The molecule has 0 aliphatic rings. The Kier molecular flexibility index (Phi) is 5.92. The van der Waals surface area contributed by atoms with Gasteiger partial charge in [0.1, 0.15) is 5.69 Å². The number of amides is 1. The fraction of sp³-hybridized carbons (Fsp3) is 0.462. The van der Waals surface area contributed by atoms with Gasteiger partial charge in [0.25, 0.3) is 11.6 Å². The maximum atomic E-state index is 11.7. The Labute approximate surface area is 118 Å². The largest absolute Gasteiger partial charge is 0.378 e. The molecule has 1 aromatic carbocycles. The Hall–Kier alpha value is -2.15. The molecule has 0 aromatic heterocycles. The van der Waals surface area contributed by atoms with Crippen LogP contribution in [0.1, 0.15) is 17.3 Å². The van der Waals surface area contributed by atoms with Crippen LogP contribution in [-0.4, -0.2) is 49.5 Å². The zero-order valence-corrected chi connectivity index (χ0v) is 12.0. The maximum absolute atomic E-state index is 11.7. The van der Waals surface area contributed by atoms with Crippen molar-refractivity contribution in [3.63, 3.8) is 0 Å². The van der Waals surface area contributed by atoms with E-state index in [2.05, 4.69) is 10.6 Å². The highest BCUT2D eigenvalue weighted by Crippen LogP contribution is 2.25. The average Bonchev–Trinajstić information content (AvgIpc) is 2.38. The maximum Gasteiger partial charge on any atom is 0.293 e. The zero-order valence-electron chi connectivity index (χ0n) is 12.0. The molecule has 0 saturated heterocycles. The van der Waals surface area contributed by atoms with Crippen LogP contribution < -0.4 is 10.6 Å². The second kappa shape index (κ2) is 7.44. The Morgan fingerprint density at radius 3 is 2.65 bits per heavy atom. The molecule has 0 aliphatic carbocycles. The number of benzene rings is 1. The lowest BCUT2D eigenvalue weighted by Crippen LogP contribution is -2.23. The fourth-order valence-corrected chi connectivity index (χ4v) is 1.65. The molecular weight excluding hydrogens is 260 g/mol. The van der Waals surface area contributed by atoms with Gasteiger partial charge in [0, 0.05) is 31.3 Å². The molecule has 1 amide bonds. The number of nitro groups is 1. The molecule has 0 heterocycles. The summed E-state index contributed by atoms with van der Waals surface area (Å²) >= 11 is 0. The first kappa shape index (κ1) is 15.9. The molecule has 110 valence electrons. The molecule has 1 rings (SSSR count). The molecule has 1 aromatic rings. The molecule has 0 saturated carbocycles. The molecule has 7 nitrogen and oxygen atoms in total. The first-order valence-electron chi connectivity index (χ1n) is 6.41. The summed E-state index contributed by atoms with van der Waals surface area (Å²) in [5.41, 5.74) is 0.620. The van der Waals surface area contributed by atoms with Crippen molar-refractivity contribution in [1.29, 1.82) is 0 Å². The molecular formula is C13H20N4O3. The SMILES string of the molecule is CCNC(=O)c1ccc(NCCN(C)C)c([N+](=O)[O-])c1. The van der Waals surface area contributed by atoms with Gasteiger partial charge in [-0.05, 0) is 33.2 Å². The van der Waals surface area contributed by atoms with Crippen molar-refractivity contribution in [3.05, 3.63) is 33.9 Å². The highest BCUT2D eigenvalue weighted by Gasteiger charge is 2.17. The van der Waals surface area contributed by atoms with Crippen LogP contribution in [0, 0.1) is 10.1 Å². The Morgan fingerprint density at radius 2 is 2.10 bits per heavy atom. The lowest BCUT2D eigenvalue weighted by molar-refractivity contribution is -0.384. The van der Waals surface area contributed by atoms with Crippen molar-refractivity contribution in [2.45, 2.75) is 6.92 Å². The van der Waals surface area contributed by atoms with Crippen LogP contribution in [-0.2, 0) is 0 Å². The molecule has 0 atom stereocenters. The van der Waals surface area contributed by atoms with E-state index in [1.807, 2.05) is 19.0 Å². The summed E-state index contributed by atoms with van der Waals surface area (Å²) in [6.07, 6.45) is 0. The molecule has 0 spiro atoms. The van der Waals surface area contributed by atoms with E-state index in [-0.39, 0.29) is 17.2 Å². The molecule has 0 unspecified atom stereocenters. The predicted octanol–water partition coefficient (Wildman–Crippen LogP) is 1.32. The number of nitrogens with one attached hydrogen (secondary N) is 2. The van der Waals surface area contributed by atoms with Crippen LogP contribution in [0.25, 0.3) is 0 Å². The molecule has 7 heteroatoms. The number of nitro benzene ring substituents is 1. The normalized spacial score (nSPS) is 10.4. The molecule has 0 radical (unpaired) electrons. The number of nitrogens with zero attached hydrogens (tertiary/aromatic N) is 2. The lowest BCUT2D eigenvalue weighted by atomic mass is 10.1. The summed E-state index contributed by atoms with van der Waals surface area (Å²) in [5.74, 6) is -0.310. The van der Waals surface area contributed by atoms with Crippen LogP contribution in [0.2, 0.25) is 0 Å². The van der Waals surface area contributed by atoms with Gasteiger partial charge >= 0.3 is 0 Å². The van der Waals surface area contributed by atoms with E-state index in [1.54, 1.807) is 19.1 Å². The van der Waals surface area contributed by atoms with Crippen LogP contribution in [0.3, 0.4) is 0 Å². The van der Waals surface area contributed by atoms with Gasteiger partial charge in [-0.15, -0.1) is 0 Å². The van der Waals surface area contributed by atoms with Gasteiger partial charge in [-0.3, -0.25) is 14.9 Å². The summed E-state index contributed by atoms with van der Waals surface area (Å²) in [4.78, 5) is 24.2. The monoisotopic (exact) mass is 280 g/mol. The third kappa shape index (κ3) is 4.51. The zero-order chi connectivity index (χ0) is 15.1. The van der Waals surface area contributed by atoms with Crippen LogP contribution in [0.4, 0.5) is 11.4 Å². The fourth-order valence-electron chi connectivity index (χ4n) is 1.65. The van der Waals surface area contributed by atoms with E-state index in [4.69, 9.17) is 0 Å². The third-order valence-corrected chi connectivity index (χ3v) is 2.67. The van der Waals surface area contributed by atoms with Gasteiger partial charge in [0.15, 0.2) is 0 Å². The quantitative estimate of drug-likeness (QED) is 0.581. The molecule has 0 fully saturated rings. The van der Waals surface area contributed by atoms with Crippen molar-refractivity contribution in [1.82, 2.24) is 10.2 Å². The first-order chi connectivity index (χ1) is 9.45. The van der Waals surface area contributed by atoms with Crippen LogP contribution in [0.5, 0.6) is 0 Å². The van der Waals surface area contributed by atoms with E-state index in [0.717, 1.165) is 6.54 Å². The average molecular weight is 280 g/mol. The van der Waals surface area contributed by atoms with Gasteiger partial charge < -0.3 is 15.5 Å². The van der Waals surface area contributed by atoms with E-state index in [0.29, 0.717) is 18.8 Å². The highest BCUT2D eigenvalue weighted by atomic mass is 16.6. The van der Waals surface area contributed by atoms with Gasteiger partial charge in [-0.25, -0.2) is 0 Å². The molecule has 2 N–H and O–H groups in total. The second-order valence-electron chi connectivity index (χ2n) is 4.58. The summed E-state index contributed by atoms with van der Waals surface area (Å²) in [5, 5.41) is 16.7. The van der Waals surface area contributed by atoms with Gasteiger partial charge in [-0.1, -0.05) is 0 Å². The number of rotatable bonds is 7. The summed E-state index contributed by atoms with van der Waals surface area (Å²) in [6.45, 7) is 3.63. The summed E-state index contributed by atoms with van der Waals surface area (Å²) in [6, 6.07) is 4.44. The highest BCUT2D eigenvalue weighted by molar-refractivity contribution is 5.95. The third-order valence-electron chi connectivity index (χ3n) is 2.67. The topological polar surface area (TPSA) is 87.5 Å². The Balaban J connectivity index is 2.90. The Bertz CT molecular complexity index is 489. The number of likely N-dealkylation sites (N-methyl/N-ethyl adjacent to an activating group) is 1. The lowest BCUT2D eigenvalue weighted by Gasteiger charge is -2.12. The Morgan fingerprint density at radius 1 is 1.40 bits per heavy atom. The summed E-state index contributed by atoms with van der Waals surface area (Å²) < 4.78 is 0. The number of carbonyl (C=O) groups excluding carboxylic acids is 1. The number of carbonyl (C=O) groups is 1. The first-order valence-corrected chi connectivity index (χ1v) is 6.41. The minimum Gasteiger partial charge on any atom is -0.378 e. The minimum absolute atomic E-state index is 0.0903. The van der Waals surface area contributed by atoms with E-state index >= 15 is 0 Å². The summed E-state index contributed by atoms with van der Waals surface area (Å²) in [7, 11) is 3.85. The standard InChI is InChI=1S/C13H20N4O3/c1-4-14-13(18)10-5-6-11(12(9-10)17(19)20)15-7-8-16(2)3/h5-6,9,15H,4,7-8H2,1-3H3,(H,14,18). The van der Waals surface area contributed by atoms with E-state index in [1.165, 1.54) is 6.07 Å². The minimum atomic E-state index is -0.485. The predicted molar refractivity (Wildman–Crippen MR) is 78.1 cm³/mol. The van der Waals surface area contributed by atoms with E-state index < -0.39 is 4.92 Å². The van der Waals surface area contributed by atoms with Crippen LogP contribution >= 0.6 is 0 Å². The van der Waals surface area contributed by atoms with Crippen molar-refractivity contribution in [2.24, 2.45) is 0 Å². The van der Waals surface area contributed by atoms with Crippen LogP contribution in [0.15, 0.2) is 18.2 Å². The molecule has 0 bridgehead atoms. The van der Waals surface area contributed by atoms with Crippen molar-refractivity contribution >= 4 is 17.3 Å². The number of hydrogen-bond donors (Lipinski definition) is 2. The van der Waals surface area contributed by atoms with Crippen molar-refractivity contribution in [2.75, 3.05) is 39.0 Å².